The van der Waals surface area contributed by atoms with Crippen LogP contribution in [0.2, 0.25) is 0 Å². The summed E-state index contributed by atoms with van der Waals surface area (Å²) in [6.07, 6.45) is -1.40. The van der Waals surface area contributed by atoms with Gasteiger partial charge in [0.2, 0.25) is 0 Å². The molecule has 0 bridgehead atoms. The molecule has 0 fully saturated rings. The van der Waals surface area contributed by atoms with Crippen molar-refractivity contribution in [2.75, 3.05) is 6.61 Å². The van der Waals surface area contributed by atoms with Gasteiger partial charge in [-0.3, -0.25) is 9.79 Å². The summed E-state index contributed by atoms with van der Waals surface area (Å²) in [6.45, 7) is 10.6. The molecule has 0 saturated heterocycles. The summed E-state index contributed by atoms with van der Waals surface area (Å²) in [6, 6.07) is 13.8. The summed E-state index contributed by atoms with van der Waals surface area (Å²) in [5.74, 6) is 0.254. The SMILES string of the molecule is C=C/C=C(\N=C)C(CO)NC(=O)c1ccc2c(Oc3ccc(C(F)(F)F)cc3)cccc2c1.CC. The molecule has 1 atom stereocenters. The molecular weight excluding hydrogens is 457 g/mol. The first-order valence-corrected chi connectivity index (χ1v) is 10.9. The first-order valence-electron chi connectivity index (χ1n) is 10.9. The zero-order valence-electron chi connectivity index (χ0n) is 19.5. The van der Waals surface area contributed by atoms with Gasteiger partial charge in [0, 0.05) is 10.9 Å². The maximum Gasteiger partial charge on any atom is 0.416 e. The van der Waals surface area contributed by atoms with Crippen LogP contribution in [0, 0.1) is 0 Å². The number of aliphatic hydroxyl groups is 1. The number of aliphatic hydroxyl groups excluding tert-OH is 1. The monoisotopic (exact) mass is 484 g/mol. The summed E-state index contributed by atoms with van der Waals surface area (Å²) in [4.78, 5) is 16.5. The first kappa shape index (κ1) is 27.3. The Morgan fingerprint density at radius 2 is 1.83 bits per heavy atom. The van der Waals surface area contributed by atoms with E-state index in [0.29, 0.717) is 27.8 Å². The van der Waals surface area contributed by atoms with E-state index < -0.39 is 23.7 Å². The van der Waals surface area contributed by atoms with Gasteiger partial charge in [0.05, 0.1) is 23.9 Å². The normalized spacial score (nSPS) is 12.2. The van der Waals surface area contributed by atoms with Gasteiger partial charge in [0.25, 0.3) is 5.91 Å². The summed E-state index contributed by atoms with van der Waals surface area (Å²) in [5.41, 5.74) is -0.0501. The van der Waals surface area contributed by atoms with Gasteiger partial charge >= 0.3 is 6.18 Å². The van der Waals surface area contributed by atoms with Gasteiger partial charge in [-0.2, -0.15) is 13.2 Å². The second kappa shape index (κ2) is 12.5. The van der Waals surface area contributed by atoms with Crippen LogP contribution in [0.5, 0.6) is 11.5 Å². The van der Waals surface area contributed by atoms with Gasteiger partial charge in [0.1, 0.15) is 11.5 Å². The van der Waals surface area contributed by atoms with Crippen molar-refractivity contribution in [3.63, 3.8) is 0 Å². The minimum absolute atomic E-state index is 0.251. The average molecular weight is 485 g/mol. The smallest absolute Gasteiger partial charge is 0.416 e. The van der Waals surface area contributed by atoms with Gasteiger partial charge in [-0.1, -0.05) is 38.6 Å². The van der Waals surface area contributed by atoms with Crippen LogP contribution in [0.1, 0.15) is 29.8 Å². The number of nitrogens with zero attached hydrogens (tertiary/aromatic N) is 1. The molecule has 0 aliphatic heterocycles. The molecule has 0 spiro atoms. The zero-order chi connectivity index (χ0) is 26.0. The third-order valence-corrected chi connectivity index (χ3v) is 4.83. The number of aliphatic imine (C=N–C) groups is 1. The lowest BCUT2D eigenvalue weighted by Gasteiger charge is -2.17. The number of ether oxygens (including phenoxy) is 1. The highest BCUT2D eigenvalue weighted by atomic mass is 19.4. The van der Waals surface area contributed by atoms with E-state index in [-0.39, 0.29) is 12.4 Å². The molecule has 2 N–H and O–H groups in total. The minimum Gasteiger partial charge on any atom is -0.457 e. The first-order chi connectivity index (χ1) is 16.8. The Morgan fingerprint density at radius 1 is 1.14 bits per heavy atom. The maximum absolute atomic E-state index is 12.8. The van der Waals surface area contributed by atoms with Crippen LogP contribution in [0.3, 0.4) is 0 Å². The molecule has 35 heavy (non-hydrogen) atoms. The van der Waals surface area contributed by atoms with Crippen molar-refractivity contribution in [3.8, 4) is 11.5 Å². The molecule has 1 unspecified atom stereocenters. The quantitative estimate of drug-likeness (QED) is 0.282. The molecule has 3 aromatic rings. The van der Waals surface area contributed by atoms with Crippen molar-refractivity contribution in [1.29, 1.82) is 0 Å². The standard InChI is InChI=1S/C25H21F3N2O3.C2H6/c1-3-5-21(29-2)22(15-31)30-24(32)17-8-13-20-16(14-17)6-4-7-23(20)33-19-11-9-18(10-12-19)25(26,27)28;1-2/h3-14,22,31H,1-2,15H2,(H,30,32);1-2H3/b21-5-;. The molecule has 0 aliphatic rings. The van der Waals surface area contributed by atoms with E-state index in [9.17, 15) is 23.1 Å². The van der Waals surface area contributed by atoms with Gasteiger partial charge in [0.15, 0.2) is 0 Å². The van der Waals surface area contributed by atoms with Gasteiger partial charge in [-0.15, -0.1) is 0 Å². The van der Waals surface area contributed by atoms with E-state index in [4.69, 9.17) is 4.74 Å². The largest absolute Gasteiger partial charge is 0.457 e. The van der Waals surface area contributed by atoms with Crippen LogP contribution >= 0.6 is 0 Å². The van der Waals surface area contributed by atoms with Crippen LogP contribution in [0.15, 0.2) is 90.1 Å². The van der Waals surface area contributed by atoms with Crippen molar-refractivity contribution in [2.24, 2.45) is 4.99 Å². The van der Waals surface area contributed by atoms with Crippen molar-refractivity contribution < 1.29 is 27.8 Å². The van der Waals surface area contributed by atoms with Crippen LogP contribution < -0.4 is 10.1 Å². The number of rotatable bonds is 8. The highest BCUT2D eigenvalue weighted by Crippen LogP contribution is 2.33. The lowest BCUT2D eigenvalue weighted by Crippen LogP contribution is -2.38. The molecular formula is C27H27F3N2O3. The second-order valence-corrected chi connectivity index (χ2v) is 7.01. The lowest BCUT2D eigenvalue weighted by molar-refractivity contribution is -0.137. The van der Waals surface area contributed by atoms with Crippen molar-refractivity contribution in [1.82, 2.24) is 5.32 Å². The molecule has 3 aromatic carbocycles. The third kappa shape index (κ3) is 7.04. The Kier molecular flexibility index (Phi) is 9.78. The second-order valence-electron chi connectivity index (χ2n) is 7.01. The highest BCUT2D eigenvalue weighted by Gasteiger charge is 2.30. The number of carbonyl (C=O) groups excluding carboxylic acids is 1. The summed E-state index contributed by atoms with van der Waals surface area (Å²) < 4.78 is 44.1. The predicted molar refractivity (Wildman–Crippen MR) is 133 cm³/mol. The van der Waals surface area contributed by atoms with Crippen molar-refractivity contribution >= 4 is 23.4 Å². The molecule has 0 radical (unpaired) electrons. The number of amides is 1. The Hall–Kier alpha value is -3.91. The number of carbonyl (C=O) groups is 1. The van der Waals surface area contributed by atoms with Crippen molar-refractivity contribution in [3.05, 3.63) is 96.2 Å². The molecule has 184 valence electrons. The van der Waals surface area contributed by atoms with Crippen LogP contribution in [-0.2, 0) is 6.18 Å². The number of hydrogen-bond acceptors (Lipinski definition) is 4. The molecule has 5 nitrogen and oxygen atoms in total. The average Bonchev–Trinajstić information content (AvgIpc) is 2.86. The minimum atomic E-state index is -4.42. The fourth-order valence-electron chi connectivity index (χ4n) is 3.18. The highest BCUT2D eigenvalue weighted by molar-refractivity contribution is 6.00. The zero-order valence-corrected chi connectivity index (χ0v) is 19.5. The van der Waals surface area contributed by atoms with E-state index in [1.807, 2.05) is 13.8 Å². The van der Waals surface area contributed by atoms with Crippen LogP contribution in [0.25, 0.3) is 10.8 Å². The molecule has 0 aliphatic carbocycles. The number of hydrogen-bond donors (Lipinski definition) is 2. The molecule has 1 amide bonds. The maximum atomic E-state index is 12.8. The molecule has 0 heterocycles. The Morgan fingerprint density at radius 3 is 2.40 bits per heavy atom. The fourth-order valence-corrected chi connectivity index (χ4v) is 3.18. The third-order valence-electron chi connectivity index (χ3n) is 4.83. The van der Waals surface area contributed by atoms with Crippen molar-refractivity contribution in [2.45, 2.75) is 26.1 Å². The van der Waals surface area contributed by atoms with Crippen LogP contribution in [-0.4, -0.2) is 30.4 Å². The van der Waals surface area contributed by atoms with Gasteiger partial charge in [-0.05, 0) is 66.7 Å². The summed E-state index contributed by atoms with van der Waals surface area (Å²) in [5, 5.41) is 13.7. The molecule has 8 heteroatoms. The Bertz CT molecular complexity index is 1200. The number of nitrogens with one attached hydrogen (secondary N) is 1. The Labute approximate surface area is 202 Å². The summed E-state index contributed by atoms with van der Waals surface area (Å²) in [7, 11) is 0. The van der Waals surface area contributed by atoms with E-state index in [0.717, 1.165) is 12.1 Å². The van der Waals surface area contributed by atoms with Gasteiger partial charge < -0.3 is 15.2 Å². The number of benzene rings is 3. The number of alkyl halides is 3. The summed E-state index contributed by atoms with van der Waals surface area (Å²) >= 11 is 0. The fraction of sp³-hybridized carbons (Fsp3) is 0.185. The van der Waals surface area contributed by atoms with E-state index in [1.165, 1.54) is 18.2 Å². The Balaban J connectivity index is 0.00000210. The number of allylic oxidation sites excluding steroid dienone is 2. The molecule has 0 saturated carbocycles. The van der Waals surface area contributed by atoms with E-state index in [1.54, 1.807) is 42.5 Å². The van der Waals surface area contributed by atoms with Crippen LogP contribution in [0.4, 0.5) is 13.2 Å². The van der Waals surface area contributed by atoms with E-state index >= 15 is 0 Å². The van der Waals surface area contributed by atoms with E-state index in [2.05, 4.69) is 23.6 Å². The topological polar surface area (TPSA) is 70.9 Å². The predicted octanol–water partition coefficient (Wildman–Crippen LogP) is 6.54. The van der Waals surface area contributed by atoms with Gasteiger partial charge in [-0.25, -0.2) is 0 Å². The number of fused-ring (bicyclic) bond motifs is 1. The molecule has 0 aromatic heterocycles. The number of halogens is 3. The molecule has 3 rings (SSSR count). The lowest BCUT2D eigenvalue weighted by atomic mass is 10.0.